The van der Waals surface area contributed by atoms with Crippen molar-refractivity contribution in [2.45, 2.75) is 40.2 Å². The summed E-state index contributed by atoms with van der Waals surface area (Å²) in [4.78, 5) is 0. The number of aryl methyl sites for hydroxylation is 1. The second-order valence-corrected chi connectivity index (χ2v) is 5.63. The number of rotatable bonds is 5. The minimum Gasteiger partial charge on any atom is -0.461 e. The Kier molecular flexibility index (Phi) is 4.07. The van der Waals surface area contributed by atoms with Gasteiger partial charge in [-0.2, -0.15) is 0 Å². The van der Waals surface area contributed by atoms with Gasteiger partial charge in [-0.15, -0.1) is 0 Å². The van der Waals surface area contributed by atoms with Gasteiger partial charge in [-0.3, -0.25) is 0 Å². The van der Waals surface area contributed by atoms with Crippen LogP contribution in [0.25, 0.3) is 11.0 Å². The molecule has 0 bridgehead atoms. The SMILES string of the molecule is Cc1ccc2oc(CC(C)CNC(C)C)cc2c1. The molecule has 0 aliphatic heterocycles. The zero-order chi connectivity index (χ0) is 13.1. The summed E-state index contributed by atoms with van der Waals surface area (Å²) in [5.41, 5.74) is 2.28. The Hall–Kier alpha value is -1.28. The first kappa shape index (κ1) is 13.2. The van der Waals surface area contributed by atoms with Crippen LogP contribution in [-0.2, 0) is 6.42 Å². The number of nitrogens with one attached hydrogen (secondary N) is 1. The van der Waals surface area contributed by atoms with E-state index in [2.05, 4.69) is 57.3 Å². The lowest BCUT2D eigenvalue weighted by molar-refractivity contribution is 0.436. The molecule has 0 fully saturated rings. The van der Waals surface area contributed by atoms with Crippen molar-refractivity contribution in [1.82, 2.24) is 5.32 Å². The van der Waals surface area contributed by atoms with E-state index in [-0.39, 0.29) is 0 Å². The van der Waals surface area contributed by atoms with Gasteiger partial charge in [0.05, 0.1) is 0 Å². The zero-order valence-corrected chi connectivity index (χ0v) is 11.8. The van der Waals surface area contributed by atoms with Gasteiger partial charge < -0.3 is 9.73 Å². The number of benzene rings is 1. The van der Waals surface area contributed by atoms with Crippen LogP contribution < -0.4 is 5.32 Å². The van der Waals surface area contributed by atoms with Crippen molar-refractivity contribution in [2.75, 3.05) is 6.54 Å². The summed E-state index contributed by atoms with van der Waals surface area (Å²) < 4.78 is 5.87. The average molecular weight is 245 g/mol. The molecule has 2 aromatic rings. The molecule has 2 rings (SSSR count). The van der Waals surface area contributed by atoms with Crippen molar-refractivity contribution < 1.29 is 4.42 Å². The second-order valence-electron chi connectivity index (χ2n) is 5.63. The summed E-state index contributed by atoms with van der Waals surface area (Å²) in [5.74, 6) is 1.68. The molecule has 1 aromatic carbocycles. The van der Waals surface area contributed by atoms with Crippen LogP contribution in [0.5, 0.6) is 0 Å². The summed E-state index contributed by atoms with van der Waals surface area (Å²) >= 11 is 0. The minimum atomic E-state index is 0.547. The molecular formula is C16H23NO. The third kappa shape index (κ3) is 3.36. The third-order valence-corrected chi connectivity index (χ3v) is 3.15. The van der Waals surface area contributed by atoms with E-state index in [0.717, 1.165) is 24.3 Å². The molecule has 18 heavy (non-hydrogen) atoms. The van der Waals surface area contributed by atoms with Gasteiger partial charge in [-0.25, -0.2) is 0 Å². The first-order chi connectivity index (χ1) is 8.54. The van der Waals surface area contributed by atoms with Crippen LogP contribution >= 0.6 is 0 Å². The van der Waals surface area contributed by atoms with E-state index in [1.54, 1.807) is 0 Å². The highest BCUT2D eigenvalue weighted by molar-refractivity contribution is 5.78. The number of hydrogen-bond acceptors (Lipinski definition) is 2. The lowest BCUT2D eigenvalue weighted by atomic mass is 10.1. The quantitative estimate of drug-likeness (QED) is 0.863. The fourth-order valence-electron chi connectivity index (χ4n) is 2.17. The maximum atomic E-state index is 5.87. The Labute approximate surface area is 109 Å². The molecule has 2 nitrogen and oxygen atoms in total. The highest BCUT2D eigenvalue weighted by Crippen LogP contribution is 2.22. The molecule has 0 saturated heterocycles. The van der Waals surface area contributed by atoms with Gasteiger partial charge >= 0.3 is 0 Å². The van der Waals surface area contributed by atoms with Gasteiger partial charge in [0.2, 0.25) is 0 Å². The van der Waals surface area contributed by atoms with Gasteiger partial charge in [-0.05, 0) is 37.6 Å². The fourth-order valence-corrected chi connectivity index (χ4v) is 2.17. The largest absolute Gasteiger partial charge is 0.461 e. The van der Waals surface area contributed by atoms with E-state index in [1.807, 2.05) is 0 Å². The molecule has 1 unspecified atom stereocenters. The molecule has 98 valence electrons. The van der Waals surface area contributed by atoms with Crippen molar-refractivity contribution in [3.05, 3.63) is 35.6 Å². The molecule has 1 aromatic heterocycles. The van der Waals surface area contributed by atoms with E-state index >= 15 is 0 Å². The predicted molar refractivity (Wildman–Crippen MR) is 77.0 cm³/mol. The van der Waals surface area contributed by atoms with Crippen LogP contribution in [0.2, 0.25) is 0 Å². The van der Waals surface area contributed by atoms with Gasteiger partial charge in [-0.1, -0.05) is 32.4 Å². The second kappa shape index (κ2) is 5.57. The van der Waals surface area contributed by atoms with Crippen molar-refractivity contribution in [3.63, 3.8) is 0 Å². The average Bonchev–Trinajstić information content (AvgIpc) is 2.67. The molecule has 0 spiro atoms. The molecule has 0 amide bonds. The first-order valence-corrected chi connectivity index (χ1v) is 6.77. The van der Waals surface area contributed by atoms with Crippen molar-refractivity contribution in [3.8, 4) is 0 Å². The summed E-state index contributed by atoms with van der Waals surface area (Å²) in [6.45, 7) is 9.76. The van der Waals surface area contributed by atoms with Gasteiger partial charge in [0.15, 0.2) is 0 Å². The Morgan fingerprint density at radius 3 is 2.67 bits per heavy atom. The topological polar surface area (TPSA) is 25.2 Å². The molecule has 0 radical (unpaired) electrons. The molecule has 1 heterocycles. The number of hydrogen-bond donors (Lipinski definition) is 1. The molecule has 2 heteroatoms. The highest BCUT2D eigenvalue weighted by Gasteiger charge is 2.09. The minimum absolute atomic E-state index is 0.547. The Morgan fingerprint density at radius 1 is 1.17 bits per heavy atom. The molecule has 1 N–H and O–H groups in total. The van der Waals surface area contributed by atoms with E-state index in [1.165, 1.54) is 10.9 Å². The molecule has 0 aliphatic carbocycles. The van der Waals surface area contributed by atoms with Gasteiger partial charge in [0.25, 0.3) is 0 Å². The standard InChI is InChI=1S/C16H23NO/c1-11(2)17-10-13(4)8-15-9-14-7-12(3)5-6-16(14)18-15/h5-7,9,11,13,17H,8,10H2,1-4H3. The Bertz CT molecular complexity index is 513. The maximum absolute atomic E-state index is 5.87. The first-order valence-electron chi connectivity index (χ1n) is 6.77. The van der Waals surface area contributed by atoms with Crippen LogP contribution in [0, 0.1) is 12.8 Å². The summed E-state index contributed by atoms with van der Waals surface area (Å²) in [7, 11) is 0. The lowest BCUT2D eigenvalue weighted by Gasteiger charge is -2.13. The summed E-state index contributed by atoms with van der Waals surface area (Å²) in [5, 5.41) is 4.68. The van der Waals surface area contributed by atoms with E-state index in [9.17, 15) is 0 Å². The predicted octanol–water partition coefficient (Wildman–Crippen LogP) is 3.92. The van der Waals surface area contributed by atoms with Crippen molar-refractivity contribution in [1.29, 1.82) is 0 Å². The van der Waals surface area contributed by atoms with Crippen LogP contribution in [0.1, 0.15) is 32.1 Å². The monoisotopic (exact) mass is 245 g/mol. The van der Waals surface area contributed by atoms with E-state index in [0.29, 0.717) is 12.0 Å². The third-order valence-electron chi connectivity index (χ3n) is 3.15. The smallest absolute Gasteiger partial charge is 0.134 e. The van der Waals surface area contributed by atoms with Crippen LogP contribution in [0.15, 0.2) is 28.7 Å². The number of fused-ring (bicyclic) bond motifs is 1. The summed E-state index contributed by atoms with van der Waals surface area (Å²) in [6, 6.07) is 9.06. The summed E-state index contributed by atoms with van der Waals surface area (Å²) in [6.07, 6.45) is 0.993. The maximum Gasteiger partial charge on any atom is 0.134 e. The van der Waals surface area contributed by atoms with Gasteiger partial charge in [0.1, 0.15) is 11.3 Å². The normalized spacial score (nSPS) is 13.4. The van der Waals surface area contributed by atoms with Crippen molar-refractivity contribution in [2.24, 2.45) is 5.92 Å². The zero-order valence-electron chi connectivity index (χ0n) is 11.8. The fraction of sp³-hybridized carbons (Fsp3) is 0.500. The number of furan rings is 1. The highest BCUT2D eigenvalue weighted by atomic mass is 16.3. The van der Waals surface area contributed by atoms with Crippen LogP contribution in [0.3, 0.4) is 0 Å². The molecular weight excluding hydrogens is 222 g/mol. The Morgan fingerprint density at radius 2 is 1.94 bits per heavy atom. The Balaban J connectivity index is 2.03. The van der Waals surface area contributed by atoms with Crippen molar-refractivity contribution >= 4 is 11.0 Å². The molecule has 1 atom stereocenters. The molecule has 0 saturated carbocycles. The van der Waals surface area contributed by atoms with Gasteiger partial charge in [0, 0.05) is 17.8 Å². The van der Waals surface area contributed by atoms with E-state index in [4.69, 9.17) is 4.42 Å². The van der Waals surface area contributed by atoms with Crippen LogP contribution in [0.4, 0.5) is 0 Å². The lowest BCUT2D eigenvalue weighted by Crippen LogP contribution is -2.28. The van der Waals surface area contributed by atoms with E-state index < -0.39 is 0 Å². The molecule has 0 aliphatic rings. The van der Waals surface area contributed by atoms with Crippen LogP contribution in [-0.4, -0.2) is 12.6 Å².